The van der Waals surface area contributed by atoms with E-state index in [1.807, 2.05) is 119 Å². The molecule has 1 saturated heterocycles. The van der Waals surface area contributed by atoms with Crippen molar-refractivity contribution in [2.75, 3.05) is 52.9 Å². The second kappa shape index (κ2) is 29.1. The van der Waals surface area contributed by atoms with Gasteiger partial charge >= 0.3 is 50.5 Å². The zero-order valence-corrected chi connectivity index (χ0v) is 51.2. The second-order valence-corrected chi connectivity index (χ2v) is 20.1. The van der Waals surface area contributed by atoms with Crippen LogP contribution in [0.4, 0.5) is 0 Å². The summed E-state index contributed by atoms with van der Waals surface area (Å²) >= 11 is 0. The minimum atomic E-state index is -0.949. The quantitative estimate of drug-likeness (QED) is 0.0203. The van der Waals surface area contributed by atoms with Gasteiger partial charge < -0.3 is 57.2 Å². The Kier molecular flexibility index (Phi) is 22.1. The predicted molar refractivity (Wildman–Crippen MR) is 309 cm³/mol. The van der Waals surface area contributed by atoms with Crippen molar-refractivity contribution in [3.05, 3.63) is 89.5 Å². The molecule has 20 heteroatoms. The molecule has 8 rings (SSSR count). The Morgan fingerprint density at radius 3 is 1.29 bits per heavy atom. The Morgan fingerprint density at radius 1 is 0.476 bits per heavy atom. The Bertz CT molecular complexity index is 3110. The van der Waals surface area contributed by atoms with E-state index in [0.717, 1.165) is 0 Å². The molecule has 0 unspecified atom stereocenters. The standard InChI is InChI=1S/C62H71BN4O14.Zn/c1-9-72-52(68)23-15-35-76-48-19-13-20-49(77-36-16-24-53(69)73-10-2)58(48)56-42-29-27-40(64-42)39-41-28-30-43(65-41)57(45-32-34-47(67-45)60(46-33-31-44(56)66-46)63-80-61(5,6)62(7,8)81-63)59-50(78-37-17-25-54(70)74-11-3)21-14-22-51(59)79-38-18-26-55(71)75-12-4;/h13-14,19-22,27-34,39H,9-12,15-18,23-26,35-38H2,1-8H3;/q-2;+2. The van der Waals surface area contributed by atoms with Gasteiger partial charge in [0, 0.05) is 36.8 Å². The van der Waals surface area contributed by atoms with Crippen LogP contribution < -0.4 is 34.4 Å². The van der Waals surface area contributed by atoms with Gasteiger partial charge in [0.25, 0.3) is 0 Å². The molecular formula is C62H71BN4O14Zn. The Hall–Kier alpha value is -7.27. The fourth-order valence-corrected chi connectivity index (χ4v) is 9.28. The molecule has 1 fully saturated rings. The first-order chi connectivity index (χ1) is 39.1. The maximum atomic E-state index is 12.4. The van der Waals surface area contributed by atoms with Crippen LogP contribution in [0.2, 0.25) is 0 Å². The fraction of sp³-hybridized carbons (Fsp3) is 0.419. The third kappa shape index (κ3) is 15.4. The maximum absolute atomic E-state index is 12.4. The minimum Gasteiger partial charge on any atom is -0.657 e. The van der Waals surface area contributed by atoms with Gasteiger partial charge in [0.2, 0.25) is 0 Å². The smallest absolute Gasteiger partial charge is 0.657 e. The first kappa shape index (κ1) is 62.3. The molecule has 3 aromatic heterocycles. The van der Waals surface area contributed by atoms with E-state index < -0.39 is 18.3 Å². The number of nitrogens with zero attached hydrogens (tertiary/aromatic N) is 4. The number of carbonyl (C=O) groups excluding carboxylic acids is 4. The van der Waals surface area contributed by atoms with Crippen LogP contribution in [0, 0.1) is 0 Å². The molecule has 8 bridgehead atoms. The number of carbonyl (C=O) groups is 4. The Morgan fingerprint density at radius 2 is 0.854 bits per heavy atom. The third-order valence-corrected chi connectivity index (χ3v) is 13.8. The summed E-state index contributed by atoms with van der Waals surface area (Å²) in [6.45, 7) is 16.9. The molecule has 3 aliphatic heterocycles. The van der Waals surface area contributed by atoms with Gasteiger partial charge in [-0.1, -0.05) is 42.5 Å². The van der Waals surface area contributed by atoms with Gasteiger partial charge in [-0.25, -0.2) is 9.97 Å². The summed E-state index contributed by atoms with van der Waals surface area (Å²) in [7, 11) is -0.949. The molecule has 5 aromatic rings. The number of benzene rings is 2. The largest absolute Gasteiger partial charge is 2.00 e. The number of rotatable bonds is 27. The zero-order valence-electron chi connectivity index (χ0n) is 48.3. The molecule has 0 aliphatic carbocycles. The molecule has 82 heavy (non-hydrogen) atoms. The average molecular weight is 1170 g/mol. The van der Waals surface area contributed by atoms with Crippen LogP contribution in [-0.2, 0) is 66.9 Å². The van der Waals surface area contributed by atoms with E-state index in [4.69, 9.17) is 67.1 Å². The van der Waals surface area contributed by atoms with Crippen molar-refractivity contribution in [2.24, 2.45) is 0 Å². The van der Waals surface area contributed by atoms with Crippen molar-refractivity contribution in [2.45, 2.75) is 118 Å². The second-order valence-electron chi connectivity index (χ2n) is 20.1. The summed E-state index contributed by atoms with van der Waals surface area (Å²) in [5.74, 6) is 0.557. The molecule has 0 amide bonds. The van der Waals surface area contributed by atoms with Crippen molar-refractivity contribution < 1.29 is 85.9 Å². The number of hydrogen-bond donors (Lipinski definition) is 0. The monoisotopic (exact) mass is 1170 g/mol. The number of esters is 4. The van der Waals surface area contributed by atoms with Crippen molar-refractivity contribution in [3.63, 3.8) is 0 Å². The summed E-state index contributed by atoms with van der Waals surface area (Å²) in [5, 5.41) is 0. The first-order valence-electron chi connectivity index (χ1n) is 27.9. The minimum absolute atomic E-state index is 0. The van der Waals surface area contributed by atoms with E-state index in [1.54, 1.807) is 27.7 Å². The molecule has 3 aliphatic rings. The topological polar surface area (TPSA) is 215 Å². The third-order valence-electron chi connectivity index (χ3n) is 13.8. The van der Waals surface area contributed by atoms with Crippen LogP contribution in [0.5, 0.6) is 23.0 Å². The Balaban J connectivity index is 0.00000968. The number of ether oxygens (including phenoxy) is 8. The molecule has 0 radical (unpaired) electrons. The molecule has 0 saturated carbocycles. The van der Waals surface area contributed by atoms with Gasteiger partial charge in [-0.15, -0.1) is 22.1 Å². The van der Waals surface area contributed by atoms with Gasteiger partial charge in [-0.05, 0) is 135 Å². The van der Waals surface area contributed by atoms with Crippen LogP contribution >= 0.6 is 0 Å². The van der Waals surface area contributed by atoms with Crippen LogP contribution in [0.1, 0.15) is 130 Å². The van der Waals surface area contributed by atoms with E-state index in [9.17, 15) is 19.2 Å². The van der Waals surface area contributed by atoms with Crippen LogP contribution in [0.25, 0.3) is 68.6 Å². The molecule has 0 atom stereocenters. The molecule has 2 aromatic carbocycles. The summed E-state index contributed by atoms with van der Waals surface area (Å²) in [6.07, 6.45) is 9.83. The number of fused-ring (bicyclic) bond motifs is 8. The first-order valence-corrected chi connectivity index (χ1v) is 27.9. The molecule has 428 valence electrons. The molecule has 18 nitrogen and oxygen atoms in total. The number of aromatic nitrogens is 4. The normalized spacial score (nSPS) is 13.7. The molecule has 0 spiro atoms. The van der Waals surface area contributed by atoms with E-state index in [1.165, 1.54) is 0 Å². The molecular weight excluding hydrogens is 1100 g/mol. The predicted octanol–water partition coefficient (Wildman–Crippen LogP) is 10.4. The van der Waals surface area contributed by atoms with Gasteiger partial charge in [-0.3, -0.25) is 19.2 Å². The maximum Gasteiger partial charge on any atom is 2.00 e. The van der Waals surface area contributed by atoms with Crippen molar-refractivity contribution in [1.29, 1.82) is 0 Å². The van der Waals surface area contributed by atoms with E-state index in [2.05, 4.69) is 0 Å². The van der Waals surface area contributed by atoms with Gasteiger partial charge in [-0.2, -0.15) is 0 Å². The zero-order chi connectivity index (χ0) is 57.5. The molecule has 6 heterocycles. The van der Waals surface area contributed by atoms with Gasteiger partial charge in [0.15, 0.2) is 0 Å². The van der Waals surface area contributed by atoms with Crippen LogP contribution in [-0.4, -0.2) is 105 Å². The summed E-state index contributed by atoms with van der Waals surface area (Å²) < 4.78 is 60.6. The van der Waals surface area contributed by atoms with Gasteiger partial charge in [0.1, 0.15) is 23.0 Å². The summed E-state index contributed by atoms with van der Waals surface area (Å²) in [6, 6.07) is 20.5. The van der Waals surface area contributed by atoms with Crippen molar-refractivity contribution in [1.82, 2.24) is 19.9 Å². The van der Waals surface area contributed by atoms with Crippen LogP contribution in [0.3, 0.4) is 0 Å². The molecule has 0 N–H and O–H groups in total. The SMILES string of the molecule is CCOC(=O)CCCOc1cccc(OCCCC(=O)OCC)c1-c1c2nc(c(B3OC(C)(C)C(C)(C)O3)c3ccc([n-]3)c(-c3c(OCCCC(=O)OCC)cccc3OCCCC(=O)OCC)c3nc(cc4ccc1[n-]4)C=C3)C=C2.[Zn+2]. The number of hydrogen-bond acceptors (Lipinski definition) is 16. The van der Waals surface area contributed by atoms with E-state index in [0.29, 0.717) is 121 Å². The fourth-order valence-electron chi connectivity index (χ4n) is 9.28. The van der Waals surface area contributed by atoms with Crippen molar-refractivity contribution in [3.8, 4) is 45.3 Å². The van der Waals surface area contributed by atoms with E-state index in [-0.39, 0.29) is 122 Å². The average Bonchev–Trinajstić information content (AvgIpc) is 4.38. The van der Waals surface area contributed by atoms with Gasteiger partial charge in [0.05, 0.1) is 98.0 Å². The van der Waals surface area contributed by atoms with Crippen molar-refractivity contribution >= 4 is 82.8 Å². The summed E-state index contributed by atoms with van der Waals surface area (Å²) in [5.41, 5.74) is 5.62. The summed E-state index contributed by atoms with van der Waals surface area (Å²) in [4.78, 5) is 70.8. The van der Waals surface area contributed by atoms with E-state index >= 15 is 0 Å². The van der Waals surface area contributed by atoms with Crippen LogP contribution in [0.15, 0.2) is 66.7 Å². The Labute approximate surface area is 491 Å².